The Morgan fingerprint density at radius 1 is 1.33 bits per heavy atom. The Kier molecular flexibility index (Phi) is 3.39. The summed E-state index contributed by atoms with van der Waals surface area (Å²) in [4.78, 5) is 0. The van der Waals surface area contributed by atoms with Crippen LogP contribution in [0.15, 0.2) is 42.7 Å². The Bertz CT molecular complexity index is 490. The van der Waals surface area contributed by atoms with Crippen molar-refractivity contribution in [1.29, 1.82) is 0 Å². The third-order valence-corrected chi connectivity index (χ3v) is 3.25. The first-order valence-corrected chi connectivity index (χ1v) is 6.32. The van der Waals surface area contributed by atoms with Crippen LogP contribution >= 0.6 is 0 Å². The molecule has 1 aliphatic heterocycles. The van der Waals surface area contributed by atoms with E-state index in [2.05, 4.69) is 28.6 Å². The van der Waals surface area contributed by atoms with E-state index < -0.39 is 0 Å². The van der Waals surface area contributed by atoms with Crippen molar-refractivity contribution in [3.05, 3.63) is 48.3 Å². The van der Waals surface area contributed by atoms with Crippen LogP contribution in [-0.4, -0.2) is 29.0 Å². The number of ether oxygens (including phenoxy) is 1. The van der Waals surface area contributed by atoms with Gasteiger partial charge in [-0.3, -0.25) is 0 Å². The topological polar surface area (TPSA) is 39.1 Å². The highest BCUT2D eigenvalue weighted by Gasteiger charge is 2.15. The maximum atomic E-state index is 5.37. The maximum Gasteiger partial charge on any atom is 0.0690 e. The molecule has 0 radical (unpaired) electrons. The van der Waals surface area contributed by atoms with Gasteiger partial charge in [-0.05, 0) is 24.1 Å². The van der Waals surface area contributed by atoms with Crippen LogP contribution < -0.4 is 5.32 Å². The molecule has 1 atom stereocenters. The molecule has 94 valence electrons. The van der Waals surface area contributed by atoms with Gasteiger partial charge >= 0.3 is 0 Å². The van der Waals surface area contributed by atoms with E-state index in [4.69, 9.17) is 4.74 Å². The molecule has 1 N–H and O–H groups in total. The number of benzene rings is 1. The molecule has 18 heavy (non-hydrogen) atoms. The average molecular weight is 243 g/mol. The standard InChI is InChI=1S/C14H17N3O/c1-2-5-14(17-8-3-7-16-17)12(4-1)10-15-13-6-9-18-11-13/h1-5,7-8,13,15H,6,9-11H2. The normalized spacial score (nSPS) is 19.2. The van der Waals surface area contributed by atoms with Crippen molar-refractivity contribution in [1.82, 2.24) is 15.1 Å². The number of hydrogen-bond acceptors (Lipinski definition) is 3. The van der Waals surface area contributed by atoms with Crippen LogP contribution in [0.25, 0.3) is 5.69 Å². The maximum absolute atomic E-state index is 5.37. The minimum atomic E-state index is 0.482. The zero-order chi connectivity index (χ0) is 12.2. The summed E-state index contributed by atoms with van der Waals surface area (Å²) in [6, 6.07) is 10.8. The molecule has 4 nitrogen and oxygen atoms in total. The molecule has 0 spiro atoms. The molecule has 2 aromatic rings. The van der Waals surface area contributed by atoms with Crippen molar-refractivity contribution in [2.45, 2.75) is 19.0 Å². The van der Waals surface area contributed by atoms with E-state index in [1.165, 1.54) is 5.56 Å². The van der Waals surface area contributed by atoms with E-state index in [1.807, 2.05) is 23.0 Å². The van der Waals surface area contributed by atoms with Gasteiger partial charge in [0.2, 0.25) is 0 Å². The number of hydrogen-bond donors (Lipinski definition) is 1. The Balaban J connectivity index is 1.75. The molecular weight excluding hydrogens is 226 g/mol. The summed E-state index contributed by atoms with van der Waals surface area (Å²) >= 11 is 0. The molecule has 1 aromatic carbocycles. The monoisotopic (exact) mass is 243 g/mol. The van der Waals surface area contributed by atoms with Crippen LogP contribution in [0.3, 0.4) is 0 Å². The smallest absolute Gasteiger partial charge is 0.0690 e. The average Bonchev–Trinajstić information content (AvgIpc) is 3.10. The molecule has 1 fully saturated rings. The van der Waals surface area contributed by atoms with Gasteiger partial charge < -0.3 is 10.1 Å². The van der Waals surface area contributed by atoms with E-state index in [9.17, 15) is 0 Å². The fourth-order valence-electron chi connectivity index (χ4n) is 2.24. The zero-order valence-electron chi connectivity index (χ0n) is 10.2. The molecule has 1 aliphatic rings. The molecule has 3 rings (SSSR count). The molecule has 0 amide bonds. The van der Waals surface area contributed by atoms with Gasteiger partial charge in [-0.25, -0.2) is 4.68 Å². The van der Waals surface area contributed by atoms with Gasteiger partial charge in [-0.1, -0.05) is 18.2 Å². The SMILES string of the molecule is c1ccc(-n2cccn2)c(CNC2CCOC2)c1. The largest absolute Gasteiger partial charge is 0.380 e. The molecule has 1 aromatic heterocycles. The number of para-hydroxylation sites is 1. The van der Waals surface area contributed by atoms with Crippen molar-refractivity contribution < 1.29 is 4.74 Å². The van der Waals surface area contributed by atoms with Crippen molar-refractivity contribution in [2.24, 2.45) is 0 Å². The summed E-state index contributed by atoms with van der Waals surface area (Å²) in [5.74, 6) is 0. The van der Waals surface area contributed by atoms with E-state index >= 15 is 0 Å². The van der Waals surface area contributed by atoms with Gasteiger partial charge in [0, 0.05) is 31.6 Å². The van der Waals surface area contributed by atoms with Gasteiger partial charge in [-0.15, -0.1) is 0 Å². The second kappa shape index (κ2) is 5.33. The van der Waals surface area contributed by atoms with Crippen LogP contribution in [0.5, 0.6) is 0 Å². The highest BCUT2D eigenvalue weighted by Crippen LogP contribution is 2.14. The first-order valence-electron chi connectivity index (χ1n) is 6.32. The quantitative estimate of drug-likeness (QED) is 0.889. The van der Waals surface area contributed by atoms with E-state index in [0.29, 0.717) is 6.04 Å². The summed E-state index contributed by atoms with van der Waals surface area (Å²) < 4.78 is 7.27. The lowest BCUT2D eigenvalue weighted by Gasteiger charge is -2.13. The van der Waals surface area contributed by atoms with Gasteiger partial charge in [0.1, 0.15) is 0 Å². The first kappa shape index (κ1) is 11.4. The molecule has 2 heterocycles. The molecule has 4 heteroatoms. The number of nitrogens with one attached hydrogen (secondary N) is 1. The predicted molar refractivity (Wildman–Crippen MR) is 69.6 cm³/mol. The molecule has 0 bridgehead atoms. The Labute approximate surface area is 107 Å². The summed E-state index contributed by atoms with van der Waals surface area (Å²) in [6.07, 6.45) is 4.87. The molecule has 1 unspecified atom stereocenters. The summed E-state index contributed by atoms with van der Waals surface area (Å²) in [7, 11) is 0. The Hall–Kier alpha value is -1.65. The lowest BCUT2D eigenvalue weighted by Crippen LogP contribution is -2.29. The lowest BCUT2D eigenvalue weighted by atomic mass is 10.1. The third kappa shape index (κ3) is 2.44. The third-order valence-electron chi connectivity index (χ3n) is 3.25. The van der Waals surface area contributed by atoms with Gasteiger partial charge in [0.15, 0.2) is 0 Å². The van der Waals surface area contributed by atoms with Crippen LogP contribution in [0.2, 0.25) is 0 Å². The number of nitrogens with zero attached hydrogens (tertiary/aromatic N) is 2. The van der Waals surface area contributed by atoms with Crippen molar-refractivity contribution in [2.75, 3.05) is 13.2 Å². The summed E-state index contributed by atoms with van der Waals surface area (Å²) in [5, 5.41) is 7.83. The first-order chi connectivity index (χ1) is 8.93. The number of rotatable bonds is 4. The second-order valence-electron chi connectivity index (χ2n) is 4.52. The minimum Gasteiger partial charge on any atom is -0.380 e. The van der Waals surface area contributed by atoms with Crippen molar-refractivity contribution >= 4 is 0 Å². The summed E-state index contributed by atoms with van der Waals surface area (Å²) in [5.41, 5.74) is 2.39. The molecule has 1 saturated heterocycles. The van der Waals surface area contributed by atoms with Crippen LogP contribution in [0.4, 0.5) is 0 Å². The van der Waals surface area contributed by atoms with Crippen LogP contribution in [-0.2, 0) is 11.3 Å². The van der Waals surface area contributed by atoms with Gasteiger partial charge in [-0.2, -0.15) is 5.10 Å². The lowest BCUT2D eigenvalue weighted by molar-refractivity contribution is 0.190. The molecule has 0 saturated carbocycles. The highest BCUT2D eigenvalue weighted by atomic mass is 16.5. The van der Waals surface area contributed by atoms with Gasteiger partial charge in [0.25, 0.3) is 0 Å². The predicted octanol–water partition coefficient (Wildman–Crippen LogP) is 1.75. The minimum absolute atomic E-state index is 0.482. The molecule has 0 aliphatic carbocycles. The van der Waals surface area contributed by atoms with E-state index in [-0.39, 0.29) is 0 Å². The fraction of sp³-hybridized carbons (Fsp3) is 0.357. The second-order valence-corrected chi connectivity index (χ2v) is 4.52. The summed E-state index contributed by atoms with van der Waals surface area (Å²) in [6.45, 7) is 2.55. The Morgan fingerprint density at radius 3 is 3.06 bits per heavy atom. The highest BCUT2D eigenvalue weighted by molar-refractivity contribution is 5.40. The van der Waals surface area contributed by atoms with Gasteiger partial charge in [0.05, 0.1) is 12.3 Å². The fourth-order valence-corrected chi connectivity index (χ4v) is 2.24. The van der Waals surface area contributed by atoms with Crippen LogP contribution in [0, 0.1) is 0 Å². The Morgan fingerprint density at radius 2 is 2.28 bits per heavy atom. The van der Waals surface area contributed by atoms with Crippen molar-refractivity contribution in [3.63, 3.8) is 0 Å². The van der Waals surface area contributed by atoms with Crippen molar-refractivity contribution in [3.8, 4) is 5.69 Å². The van der Waals surface area contributed by atoms with E-state index in [1.54, 1.807) is 6.20 Å². The zero-order valence-corrected chi connectivity index (χ0v) is 10.2. The number of aromatic nitrogens is 2. The van der Waals surface area contributed by atoms with Crippen LogP contribution in [0.1, 0.15) is 12.0 Å². The van der Waals surface area contributed by atoms with E-state index in [0.717, 1.165) is 31.9 Å². The molecular formula is C14H17N3O.